The lowest BCUT2D eigenvalue weighted by molar-refractivity contribution is -0.130. The number of pyridine rings is 1. The zero-order chi connectivity index (χ0) is 34.0. The van der Waals surface area contributed by atoms with Crippen LogP contribution in [0.2, 0.25) is 0 Å². The predicted molar refractivity (Wildman–Crippen MR) is 181 cm³/mol. The molecule has 0 aliphatic rings. The first-order valence-corrected chi connectivity index (χ1v) is 17.1. The number of carbonyl (C=O) groups excluding carboxylic acids is 3. The van der Waals surface area contributed by atoms with Crippen LogP contribution in [0.5, 0.6) is 0 Å². The van der Waals surface area contributed by atoms with Crippen molar-refractivity contribution in [3.05, 3.63) is 108 Å². The highest BCUT2D eigenvalue weighted by Crippen LogP contribution is 2.21. The number of aliphatic hydroxyl groups excluding tert-OH is 1. The van der Waals surface area contributed by atoms with E-state index in [1.165, 1.54) is 16.4 Å². The third-order valence-corrected chi connectivity index (χ3v) is 9.83. The van der Waals surface area contributed by atoms with Gasteiger partial charge in [0.2, 0.25) is 21.8 Å². The molecule has 3 aromatic carbocycles. The second kappa shape index (κ2) is 16.4. The van der Waals surface area contributed by atoms with E-state index >= 15 is 0 Å². The number of sulfonamides is 1. The summed E-state index contributed by atoms with van der Waals surface area (Å²) in [6, 6.07) is 26.8. The number of primary amides is 1. The molecule has 0 saturated carbocycles. The van der Waals surface area contributed by atoms with Gasteiger partial charge in [0.05, 0.1) is 28.5 Å². The fourth-order valence-corrected chi connectivity index (χ4v) is 6.79. The van der Waals surface area contributed by atoms with Gasteiger partial charge in [-0.15, -0.1) is 0 Å². The maximum absolute atomic E-state index is 13.7. The number of amides is 2. The van der Waals surface area contributed by atoms with E-state index in [9.17, 15) is 27.9 Å². The normalized spacial score (nSPS) is 13.7. The van der Waals surface area contributed by atoms with Crippen LogP contribution in [0.3, 0.4) is 0 Å². The Morgan fingerprint density at radius 2 is 1.51 bits per heavy atom. The number of benzene rings is 3. The number of para-hydroxylation sites is 1. The molecule has 47 heavy (non-hydrogen) atoms. The molecule has 0 radical (unpaired) electrons. The van der Waals surface area contributed by atoms with Crippen LogP contribution >= 0.6 is 0 Å². The molecule has 2 amide bonds. The summed E-state index contributed by atoms with van der Waals surface area (Å²) < 4.78 is 28.6. The van der Waals surface area contributed by atoms with Gasteiger partial charge >= 0.3 is 0 Å². The van der Waals surface area contributed by atoms with E-state index in [2.05, 4.69) is 10.3 Å². The summed E-state index contributed by atoms with van der Waals surface area (Å²) in [5.74, 6) is -2.80. The lowest BCUT2D eigenvalue weighted by atomic mass is 9.94. The van der Waals surface area contributed by atoms with Crippen LogP contribution in [0.25, 0.3) is 10.9 Å². The standard InChI is InChI=1S/C36H42N4O6S/c1-25(2)19-20-40(47(45,46)29-14-7-4-8-15-29)24-34(42)32(21-26-11-5-3-6-12-26)39-36(44)28(23-35(37)43)22-33(41)31-18-17-27-13-9-10-16-30(27)38-31/h3-18,25,28,32,34,42H,19-24H2,1-2H3,(H2,37,43)(H,39,44)/t28-,32-,34+/m0/s1. The summed E-state index contributed by atoms with van der Waals surface area (Å²) in [4.78, 5) is 43.6. The monoisotopic (exact) mass is 658 g/mol. The third-order valence-electron chi connectivity index (χ3n) is 7.95. The smallest absolute Gasteiger partial charge is 0.243 e. The van der Waals surface area contributed by atoms with Gasteiger partial charge in [0.25, 0.3) is 0 Å². The Morgan fingerprint density at radius 3 is 2.17 bits per heavy atom. The largest absolute Gasteiger partial charge is 0.390 e. The maximum Gasteiger partial charge on any atom is 0.243 e. The number of carbonyl (C=O) groups is 3. The Hall–Kier alpha value is -4.45. The van der Waals surface area contributed by atoms with Gasteiger partial charge < -0.3 is 16.2 Å². The Kier molecular flexibility index (Phi) is 12.4. The van der Waals surface area contributed by atoms with Crippen LogP contribution in [0.1, 0.15) is 49.2 Å². The van der Waals surface area contributed by atoms with Gasteiger partial charge in [-0.3, -0.25) is 14.4 Å². The topological polar surface area (TPSA) is 160 Å². The van der Waals surface area contributed by atoms with Crippen LogP contribution in [-0.4, -0.2) is 65.6 Å². The number of rotatable bonds is 17. The molecule has 4 N–H and O–H groups in total. The molecule has 1 aromatic heterocycles. The van der Waals surface area contributed by atoms with E-state index in [0.717, 1.165) is 10.9 Å². The van der Waals surface area contributed by atoms with E-state index in [1.807, 2.05) is 56.3 Å². The number of nitrogens with zero attached hydrogens (tertiary/aromatic N) is 2. The molecule has 0 unspecified atom stereocenters. The Morgan fingerprint density at radius 1 is 0.872 bits per heavy atom. The molecule has 0 saturated heterocycles. The lowest BCUT2D eigenvalue weighted by Gasteiger charge is -2.31. The first-order valence-electron chi connectivity index (χ1n) is 15.7. The number of ketones is 1. The Bertz CT molecular complexity index is 1770. The molecule has 248 valence electrons. The van der Waals surface area contributed by atoms with Crippen molar-refractivity contribution >= 4 is 38.5 Å². The van der Waals surface area contributed by atoms with Crippen LogP contribution < -0.4 is 11.1 Å². The molecule has 11 heteroatoms. The van der Waals surface area contributed by atoms with Crippen molar-refractivity contribution in [2.75, 3.05) is 13.1 Å². The second-order valence-electron chi connectivity index (χ2n) is 12.1. The summed E-state index contributed by atoms with van der Waals surface area (Å²) in [7, 11) is -3.97. The number of hydrogen-bond acceptors (Lipinski definition) is 7. The number of hydrogen-bond donors (Lipinski definition) is 3. The number of aromatic nitrogens is 1. The van der Waals surface area contributed by atoms with Gasteiger partial charge in [0.1, 0.15) is 5.69 Å². The molecule has 0 bridgehead atoms. The maximum atomic E-state index is 13.7. The second-order valence-corrected chi connectivity index (χ2v) is 14.1. The van der Waals surface area contributed by atoms with Crippen molar-refractivity contribution in [2.24, 2.45) is 17.6 Å². The van der Waals surface area contributed by atoms with Gasteiger partial charge in [-0.1, -0.05) is 86.6 Å². The minimum Gasteiger partial charge on any atom is -0.390 e. The van der Waals surface area contributed by atoms with Gasteiger partial charge in [-0.05, 0) is 48.6 Å². The fraction of sp³-hybridized carbons (Fsp3) is 0.333. The number of aliphatic hydroxyl groups is 1. The van der Waals surface area contributed by atoms with E-state index < -0.39 is 52.1 Å². The molecule has 4 rings (SSSR count). The zero-order valence-corrected chi connectivity index (χ0v) is 27.5. The minimum atomic E-state index is -3.97. The van der Waals surface area contributed by atoms with Crippen LogP contribution in [0, 0.1) is 11.8 Å². The van der Waals surface area contributed by atoms with Gasteiger partial charge in [-0.25, -0.2) is 13.4 Å². The average molecular weight is 659 g/mol. The molecular formula is C36H42N4O6S. The molecule has 1 heterocycles. The van der Waals surface area contributed by atoms with Crippen LogP contribution in [0.4, 0.5) is 0 Å². The zero-order valence-electron chi connectivity index (χ0n) is 26.7. The molecule has 0 fully saturated rings. The van der Waals surface area contributed by atoms with Gasteiger partial charge in [-0.2, -0.15) is 4.31 Å². The van der Waals surface area contributed by atoms with Crippen molar-refractivity contribution in [2.45, 2.75) is 56.6 Å². The Labute approximate surface area is 276 Å². The van der Waals surface area contributed by atoms with Crippen molar-refractivity contribution in [1.29, 1.82) is 0 Å². The van der Waals surface area contributed by atoms with Crippen molar-refractivity contribution in [1.82, 2.24) is 14.6 Å². The highest BCUT2D eigenvalue weighted by Gasteiger charge is 2.33. The average Bonchev–Trinajstić information content (AvgIpc) is 3.06. The van der Waals surface area contributed by atoms with Crippen LogP contribution in [-0.2, 0) is 26.0 Å². The number of fused-ring (bicyclic) bond motifs is 1. The fourth-order valence-electron chi connectivity index (χ4n) is 5.29. The first-order chi connectivity index (χ1) is 22.4. The van der Waals surface area contributed by atoms with E-state index in [1.54, 1.807) is 42.5 Å². The SMILES string of the molecule is CC(C)CCN(C[C@@H](O)[C@H](Cc1ccccc1)NC(=O)[C@H](CC(N)=O)CC(=O)c1ccc2ccccc2n1)S(=O)(=O)c1ccccc1. The number of nitrogens with two attached hydrogens (primary N) is 1. The third kappa shape index (κ3) is 10.0. The lowest BCUT2D eigenvalue weighted by Crippen LogP contribution is -2.52. The summed E-state index contributed by atoms with van der Waals surface area (Å²) >= 11 is 0. The highest BCUT2D eigenvalue weighted by atomic mass is 32.2. The van der Waals surface area contributed by atoms with Crippen molar-refractivity contribution in [3.8, 4) is 0 Å². The van der Waals surface area contributed by atoms with Crippen molar-refractivity contribution < 1.29 is 27.9 Å². The molecule has 3 atom stereocenters. The number of Topliss-reactive ketones (excluding diaryl/α,β-unsaturated/α-hetero) is 1. The quantitative estimate of drug-likeness (QED) is 0.144. The van der Waals surface area contributed by atoms with E-state index in [0.29, 0.717) is 11.9 Å². The van der Waals surface area contributed by atoms with E-state index in [4.69, 9.17) is 5.73 Å². The molecule has 10 nitrogen and oxygen atoms in total. The Balaban J connectivity index is 1.59. The van der Waals surface area contributed by atoms with Crippen LogP contribution in [0.15, 0.2) is 102 Å². The minimum absolute atomic E-state index is 0.0990. The molecule has 0 aliphatic carbocycles. The van der Waals surface area contributed by atoms with Gasteiger partial charge in [0, 0.05) is 31.3 Å². The molecule has 4 aromatic rings. The molecule has 0 aliphatic heterocycles. The summed E-state index contributed by atoms with van der Waals surface area (Å²) in [6.45, 7) is 3.84. The van der Waals surface area contributed by atoms with Crippen molar-refractivity contribution in [3.63, 3.8) is 0 Å². The predicted octanol–water partition coefficient (Wildman–Crippen LogP) is 4.12. The van der Waals surface area contributed by atoms with E-state index in [-0.39, 0.29) is 42.4 Å². The van der Waals surface area contributed by atoms with Gasteiger partial charge in [0.15, 0.2) is 5.78 Å². The summed E-state index contributed by atoms with van der Waals surface area (Å²) in [5.41, 5.74) is 7.05. The molecule has 0 spiro atoms. The first kappa shape index (κ1) is 35.4. The summed E-state index contributed by atoms with van der Waals surface area (Å²) in [6.07, 6.45) is -1.35. The summed E-state index contributed by atoms with van der Waals surface area (Å²) in [5, 5.41) is 15.3. The highest BCUT2D eigenvalue weighted by molar-refractivity contribution is 7.89. The molecular weight excluding hydrogens is 616 g/mol. The number of nitrogens with one attached hydrogen (secondary N) is 1.